The molecule has 112 valence electrons. The molecule has 1 aromatic carbocycles. The van der Waals surface area contributed by atoms with Crippen molar-refractivity contribution >= 4 is 11.8 Å². The first-order valence-electron chi connectivity index (χ1n) is 7.52. The number of aliphatic hydroxyl groups is 1. The fraction of sp³-hybridized carbons (Fsp3) is 0.500. The molecule has 0 saturated carbocycles. The maximum Gasteiger partial charge on any atom is 0.261 e. The van der Waals surface area contributed by atoms with Crippen LogP contribution in [0.15, 0.2) is 24.3 Å². The molecule has 1 atom stereocenters. The summed E-state index contributed by atoms with van der Waals surface area (Å²) in [5, 5.41) is 9.63. The average molecular weight is 288 g/mol. The zero-order valence-corrected chi connectivity index (χ0v) is 12.0. The normalized spacial score (nSPS) is 22.7. The highest BCUT2D eigenvalue weighted by atomic mass is 16.3. The van der Waals surface area contributed by atoms with Crippen LogP contribution < -0.4 is 0 Å². The van der Waals surface area contributed by atoms with Gasteiger partial charge in [-0.25, -0.2) is 0 Å². The van der Waals surface area contributed by atoms with Crippen molar-refractivity contribution in [2.24, 2.45) is 0 Å². The van der Waals surface area contributed by atoms with E-state index in [1.807, 2.05) is 0 Å². The molecule has 2 amide bonds. The molecule has 1 fully saturated rings. The molecular weight excluding hydrogens is 268 g/mol. The lowest BCUT2D eigenvalue weighted by atomic mass is 10.1. The number of hydrogen-bond acceptors (Lipinski definition) is 4. The molecular formula is C16H20N2O3. The molecule has 0 radical (unpaired) electrons. The molecule has 5 heteroatoms. The molecule has 0 bridgehead atoms. The van der Waals surface area contributed by atoms with Crippen LogP contribution in [0.25, 0.3) is 0 Å². The lowest BCUT2D eigenvalue weighted by Gasteiger charge is -2.30. The number of aliphatic hydroxyl groups excluding tert-OH is 1. The predicted molar refractivity (Wildman–Crippen MR) is 78.1 cm³/mol. The molecule has 1 saturated heterocycles. The Hall–Kier alpha value is -1.72. The summed E-state index contributed by atoms with van der Waals surface area (Å²) in [6.45, 7) is 2.94. The van der Waals surface area contributed by atoms with Crippen LogP contribution in [-0.2, 0) is 0 Å². The Balaban J connectivity index is 1.55. The third-order valence-electron chi connectivity index (χ3n) is 4.21. The van der Waals surface area contributed by atoms with Gasteiger partial charge in [-0.3, -0.25) is 14.5 Å². The van der Waals surface area contributed by atoms with Crippen molar-refractivity contribution in [1.82, 2.24) is 9.80 Å². The van der Waals surface area contributed by atoms with Crippen molar-refractivity contribution in [3.63, 3.8) is 0 Å². The summed E-state index contributed by atoms with van der Waals surface area (Å²) >= 11 is 0. The highest BCUT2D eigenvalue weighted by Crippen LogP contribution is 2.22. The minimum Gasteiger partial charge on any atom is -0.392 e. The van der Waals surface area contributed by atoms with Crippen molar-refractivity contribution in [2.75, 3.05) is 26.2 Å². The Kier molecular flexibility index (Phi) is 4.03. The Labute approximate surface area is 124 Å². The molecule has 21 heavy (non-hydrogen) atoms. The number of carbonyl (C=O) groups excluding carboxylic acids is 2. The predicted octanol–water partition coefficient (Wildman–Crippen LogP) is 1.13. The van der Waals surface area contributed by atoms with E-state index in [-0.39, 0.29) is 17.9 Å². The van der Waals surface area contributed by atoms with Gasteiger partial charge in [0.1, 0.15) is 0 Å². The maximum atomic E-state index is 12.2. The van der Waals surface area contributed by atoms with Gasteiger partial charge in [-0.05, 0) is 44.5 Å². The number of fused-ring (bicyclic) bond motifs is 1. The summed E-state index contributed by atoms with van der Waals surface area (Å²) in [6, 6.07) is 6.97. The van der Waals surface area contributed by atoms with E-state index in [0.29, 0.717) is 24.2 Å². The quantitative estimate of drug-likeness (QED) is 0.844. The van der Waals surface area contributed by atoms with Crippen molar-refractivity contribution in [3.05, 3.63) is 35.4 Å². The van der Waals surface area contributed by atoms with Gasteiger partial charge in [0.05, 0.1) is 17.2 Å². The Morgan fingerprint density at radius 1 is 1.10 bits per heavy atom. The van der Waals surface area contributed by atoms with Crippen LogP contribution in [0.4, 0.5) is 0 Å². The van der Waals surface area contributed by atoms with Gasteiger partial charge in [-0.15, -0.1) is 0 Å². The first-order chi connectivity index (χ1) is 10.2. The lowest BCUT2D eigenvalue weighted by Crippen LogP contribution is -2.40. The van der Waals surface area contributed by atoms with Crippen LogP contribution in [-0.4, -0.2) is 59.0 Å². The van der Waals surface area contributed by atoms with E-state index in [1.165, 1.54) is 4.90 Å². The number of benzene rings is 1. The fourth-order valence-electron chi connectivity index (χ4n) is 3.13. The van der Waals surface area contributed by atoms with Gasteiger partial charge in [0.25, 0.3) is 11.8 Å². The number of nitrogens with zero attached hydrogens (tertiary/aromatic N) is 2. The molecule has 2 heterocycles. The number of hydrogen-bond donors (Lipinski definition) is 1. The van der Waals surface area contributed by atoms with E-state index in [4.69, 9.17) is 0 Å². The lowest BCUT2D eigenvalue weighted by molar-refractivity contribution is 0.0592. The van der Waals surface area contributed by atoms with E-state index in [1.54, 1.807) is 24.3 Å². The summed E-state index contributed by atoms with van der Waals surface area (Å²) in [7, 11) is 0. The first kappa shape index (κ1) is 14.2. The summed E-state index contributed by atoms with van der Waals surface area (Å²) in [5.41, 5.74) is 1.02. The van der Waals surface area contributed by atoms with E-state index >= 15 is 0 Å². The average Bonchev–Trinajstić information content (AvgIpc) is 2.73. The Morgan fingerprint density at radius 2 is 1.76 bits per heavy atom. The number of imide groups is 1. The molecule has 2 aliphatic heterocycles. The zero-order chi connectivity index (χ0) is 14.8. The Morgan fingerprint density at radius 3 is 2.38 bits per heavy atom. The Bertz CT molecular complexity index is 523. The van der Waals surface area contributed by atoms with E-state index < -0.39 is 0 Å². The minimum atomic E-state index is -0.238. The van der Waals surface area contributed by atoms with Crippen LogP contribution in [0.3, 0.4) is 0 Å². The van der Waals surface area contributed by atoms with Crippen LogP contribution in [0, 0.1) is 0 Å². The summed E-state index contributed by atoms with van der Waals surface area (Å²) < 4.78 is 0. The molecule has 2 aliphatic rings. The number of amides is 2. The van der Waals surface area contributed by atoms with E-state index in [0.717, 1.165) is 32.4 Å². The zero-order valence-electron chi connectivity index (χ0n) is 12.0. The second kappa shape index (κ2) is 5.95. The number of carbonyl (C=O) groups is 2. The SMILES string of the molecule is O=C1c2ccccc2C(=O)N1CCCN1CCCC(O)C1. The van der Waals surface area contributed by atoms with Crippen molar-refractivity contribution < 1.29 is 14.7 Å². The molecule has 1 N–H and O–H groups in total. The highest BCUT2D eigenvalue weighted by molar-refractivity contribution is 6.21. The number of piperidine rings is 1. The van der Waals surface area contributed by atoms with Gasteiger partial charge in [0.15, 0.2) is 0 Å². The highest BCUT2D eigenvalue weighted by Gasteiger charge is 2.34. The summed E-state index contributed by atoms with van der Waals surface area (Å²) in [4.78, 5) is 27.9. The second-order valence-corrected chi connectivity index (χ2v) is 5.76. The second-order valence-electron chi connectivity index (χ2n) is 5.76. The van der Waals surface area contributed by atoms with Gasteiger partial charge in [-0.1, -0.05) is 12.1 Å². The van der Waals surface area contributed by atoms with E-state index in [2.05, 4.69) is 4.90 Å². The number of rotatable bonds is 4. The standard InChI is InChI=1S/C16H20N2O3/c19-12-5-3-8-17(11-12)9-4-10-18-15(20)13-6-1-2-7-14(13)16(18)21/h1-2,6-7,12,19H,3-5,8-11H2. The molecule has 1 aromatic rings. The molecule has 0 spiro atoms. The molecule has 1 unspecified atom stereocenters. The van der Waals surface area contributed by atoms with Gasteiger partial charge >= 0.3 is 0 Å². The van der Waals surface area contributed by atoms with E-state index in [9.17, 15) is 14.7 Å². The summed E-state index contributed by atoms with van der Waals surface area (Å²) in [5.74, 6) is -0.372. The number of β-amino-alcohol motifs (C(OH)–C–C–N with tert-alkyl or cyclic N) is 1. The van der Waals surface area contributed by atoms with Gasteiger partial charge in [0.2, 0.25) is 0 Å². The van der Waals surface area contributed by atoms with Crippen LogP contribution in [0.1, 0.15) is 40.0 Å². The van der Waals surface area contributed by atoms with Gasteiger partial charge in [-0.2, -0.15) is 0 Å². The smallest absolute Gasteiger partial charge is 0.261 e. The largest absolute Gasteiger partial charge is 0.392 e. The molecule has 3 rings (SSSR count). The third kappa shape index (κ3) is 2.84. The van der Waals surface area contributed by atoms with Crippen molar-refractivity contribution in [2.45, 2.75) is 25.4 Å². The number of likely N-dealkylation sites (tertiary alicyclic amines) is 1. The van der Waals surface area contributed by atoms with Crippen molar-refractivity contribution in [3.8, 4) is 0 Å². The molecule has 0 aromatic heterocycles. The molecule has 0 aliphatic carbocycles. The van der Waals surface area contributed by atoms with Crippen LogP contribution in [0.5, 0.6) is 0 Å². The van der Waals surface area contributed by atoms with Crippen LogP contribution in [0.2, 0.25) is 0 Å². The monoisotopic (exact) mass is 288 g/mol. The van der Waals surface area contributed by atoms with Crippen molar-refractivity contribution in [1.29, 1.82) is 0 Å². The van der Waals surface area contributed by atoms with Gasteiger partial charge < -0.3 is 10.0 Å². The first-order valence-corrected chi connectivity index (χ1v) is 7.52. The van der Waals surface area contributed by atoms with Crippen LogP contribution >= 0.6 is 0 Å². The van der Waals surface area contributed by atoms with Gasteiger partial charge in [0, 0.05) is 13.1 Å². The fourth-order valence-corrected chi connectivity index (χ4v) is 3.13. The third-order valence-corrected chi connectivity index (χ3v) is 4.21. The topological polar surface area (TPSA) is 60.9 Å². The minimum absolute atomic E-state index is 0.186. The maximum absolute atomic E-state index is 12.2. The summed E-state index contributed by atoms with van der Waals surface area (Å²) in [6.07, 6.45) is 2.39. The molecule has 5 nitrogen and oxygen atoms in total.